The third kappa shape index (κ3) is 6.06. The molecule has 5 nitrogen and oxygen atoms in total. The molecular formula is C23H27N3O2S. The molecule has 152 valence electrons. The van der Waals surface area contributed by atoms with Gasteiger partial charge in [-0.3, -0.25) is 0 Å². The van der Waals surface area contributed by atoms with Crippen molar-refractivity contribution in [3.05, 3.63) is 75.7 Å². The van der Waals surface area contributed by atoms with E-state index in [9.17, 15) is 4.79 Å². The number of anilines is 1. The average Bonchev–Trinajstić information content (AvgIpc) is 3.14. The van der Waals surface area contributed by atoms with Crippen LogP contribution in [-0.4, -0.2) is 22.0 Å². The number of nitrogens with one attached hydrogen (secondary N) is 1. The first kappa shape index (κ1) is 20.9. The minimum atomic E-state index is -0.130. The third-order valence-corrected chi connectivity index (χ3v) is 5.34. The highest BCUT2D eigenvalue weighted by atomic mass is 32.1. The van der Waals surface area contributed by atoms with Crippen molar-refractivity contribution >= 4 is 23.1 Å². The van der Waals surface area contributed by atoms with Gasteiger partial charge in [0.1, 0.15) is 17.4 Å². The minimum absolute atomic E-state index is 0.0501. The summed E-state index contributed by atoms with van der Waals surface area (Å²) in [6.45, 7) is 8.94. The first-order chi connectivity index (χ1) is 13.9. The summed E-state index contributed by atoms with van der Waals surface area (Å²) in [4.78, 5) is 19.2. The molecule has 0 bridgehead atoms. The number of amides is 2. The zero-order valence-corrected chi connectivity index (χ0v) is 18.1. The van der Waals surface area contributed by atoms with Crippen LogP contribution in [0.1, 0.15) is 35.7 Å². The molecule has 0 saturated heterocycles. The fourth-order valence-corrected chi connectivity index (χ4v) is 3.53. The molecule has 0 aliphatic heterocycles. The first-order valence-corrected chi connectivity index (χ1v) is 10.6. The van der Waals surface area contributed by atoms with Gasteiger partial charge in [-0.05, 0) is 57.5 Å². The molecule has 0 saturated carbocycles. The quantitative estimate of drug-likeness (QED) is 0.538. The highest BCUT2D eigenvalue weighted by Gasteiger charge is 2.19. The Balaban J connectivity index is 1.60. The number of aromatic nitrogens is 1. The van der Waals surface area contributed by atoms with Gasteiger partial charge in [-0.15, -0.1) is 11.3 Å². The number of rotatable bonds is 7. The maximum Gasteiger partial charge on any atom is 0.322 e. The van der Waals surface area contributed by atoms with Gasteiger partial charge < -0.3 is 15.0 Å². The Labute approximate surface area is 176 Å². The molecule has 0 unspecified atom stereocenters. The van der Waals surface area contributed by atoms with Gasteiger partial charge >= 0.3 is 6.03 Å². The highest BCUT2D eigenvalue weighted by Crippen LogP contribution is 2.19. The van der Waals surface area contributed by atoms with E-state index in [0.29, 0.717) is 13.2 Å². The Morgan fingerprint density at radius 1 is 1.14 bits per heavy atom. The van der Waals surface area contributed by atoms with Crippen LogP contribution in [0.15, 0.2) is 53.9 Å². The predicted octanol–water partition coefficient (Wildman–Crippen LogP) is 5.78. The van der Waals surface area contributed by atoms with Gasteiger partial charge in [0.05, 0.1) is 12.2 Å². The van der Waals surface area contributed by atoms with E-state index in [1.807, 2.05) is 81.6 Å². The van der Waals surface area contributed by atoms with Crippen molar-refractivity contribution in [2.24, 2.45) is 0 Å². The molecule has 2 amide bonds. The second kappa shape index (κ2) is 9.56. The number of thiazole rings is 1. The van der Waals surface area contributed by atoms with Gasteiger partial charge in [-0.1, -0.05) is 29.8 Å². The molecule has 3 rings (SSSR count). The molecule has 0 aliphatic carbocycles. The molecule has 2 aromatic carbocycles. The lowest BCUT2D eigenvalue weighted by atomic mass is 10.2. The van der Waals surface area contributed by atoms with Crippen LogP contribution in [0.5, 0.6) is 5.75 Å². The van der Waals surface area contributed by atoms with E-state index in [1.165, 1.54) is 0 Å². The summed E-state index contributed by atoms with van der Waals surface area (Å²) >= 11 is 1.55. The van der Waals surface area contributed by atoms with Crippen molar-refractivity contribution in [3.63, 3.8) is 0 Å². The first-order valence-electron chi connectivity index (χ1n) is 9.68. The van der Waals surface area contributed by atoms with E-state index in [2.05, 4.69) is 10.3 Å². The number of carbonyl (C=O) groups excluding carboxylic acids is 1. The van der Waals surface area contributed by atoms with E-state index in [0.717, 1.165) is 33.3 Å². The van der Waals surface area contributed by atoms with Crippen LogP contribution in [0.4, 0.5) is 10.5 Å². The zero-order valence-electron chi connectivity index (χ0n) is 17.3. The summed E-state index contributed by atoms with van der Waals surface area (Å²) in [6.07, 6.45) is 0. The zero-order chi connectivity index (χ0) is 20.8. The second-order valence-electron chi connectivity index (χ2n) is 7.36. The van der Waals surface area contributed by atoms with Gasteiger partial charge in [-0.2, -0.15) is 0 Å². The van der Waals surface area contributed by atoms with Gasteiger partial charge in [0, 0.05) is 17.1 Å². The van der Waals surface area contributed by atoms with Crippen LogP contribution in [0.2, 0.25) is 0 Å². The molecule has 3 aromatic rings. The van der Waals surface area contributed by atoms with Crippen LogP contribution in [0.3, 0.4) is 0 Å². The molecule has 6 heteroatoms. The Bertz CT molecular complexity index is 951. The molecule has 1 N–H and O–H groups in total. The summed E-state index contributed by atoms with van der Waals surface area (Å²) in [5.74, 6) is 0.836. The van der Waals surface area contributed by atoms with Crippen molar-refractivity contribution in [2.75, 3.05) is 5.32 Å². The molecular weight excluding hydrogens is 382 g/mol. The van der Waals surface area contributed by atoms with Crippen LogP contribution in [-0.2, 0) is 13.2 Å². The molecule has 0 aliphatic rings. The maximum atomic E-state index is 12.8. The largest absolute Gasteiger partial charge is 0.486 e. The smallest absolute Gasteiger partial charge is 0.322 e. The summed E-state index contributed by atoms with van der Waals surface area (Å²) in [5, 5.41) is 5.85. The fraction of sp³-hybridized carbons (Fsp3) is 0.304. The number of hydrogen-bond donors (Lipinski definition) is 1. The third-order valence-electron chi connectivity index (χ3n) is 4.47. The lowest BCUT2D eigenvalue weighted by Gasteiger charge is -2.26. The van der Waals surface area contributed by atoms with Gasteiger partial charge in [0.15, 0.2) is 0 Å². The molecule has 29 heavy (non-hydrogen) atoms. The van der Waals surface area contributed by atoms with Crippen molar-refractivity contribution < 1.29 is 9.53 Å². The Morgan fingerprint density at radius 3 is 2.59 bits per heavy atom. The minimum Gasteiger partial charge on any atom is -0.486 e. The number of urea groups is 1. The van der Waals surface area contributed by atoms with E-state index < -0.39 is 0 Å². The molecule has 0 atom stereocenters. The van der Waals surface area contributed by atoms with E-state index in [-0.39, 0.29) is 12.1 Å². The maximum absolute atomic E-state index is 12.8. The van der Waals surface area contributed by atoms with Gasteiger partial charge in [0.2, 0.25) is 0 Å². The molecule has 1 heterocycles. The van der Waals surface area contributed by atoms with Crippen LogP contribution >= 0.6 is 11.3 Å². The summed E-state index contributed by atoms with van der Waals surface area (Å²) < 4.78 is 5.83. The Morgan fingerprint density at radius 2 is 1.90 bits per heavy atom. The highest BCUT2D eigenvalue weighted by molar-refractivity contribution is 7.09. The molecule has 1 aromatic heterocycles. The van der Waals surface area contributed by atoms with Crippen molar-refractivity contribution in [1.29, 1.82) is 0 Å². The number of nitrogens with zero attached hydrogens (tertiary/aromatic N) is 2. The van der Waals surface area contributed by atoms with Gasteiger partial charge in [0.25, 0.3) is 0 Å². The number of ether oxygens (including phenoxy) is 1. The summed E-state index contributed by atoms with van der Waals surface area (Å²) in [6, 6.07) is 15.7. The lowest BCUT2D eigenvalue weighted by molar-refractivity contribution is 0.193. The number of aryl methyl sites for hydroxylation is 2. The van der Waals surface area contributed by atoms with Gasteiger partial charge in [-0.25, -0.2) is 9.78 Å². The molecule has 0 spiro atoms. The fourth-order valence-electron chi connectivity index (χ4n) is 2.83. The van der Waals surface area contributed by atoms with Crippen LogP contribution in [0.25, 0.3) is 0 Å². The van der Waals surface area contributed by atoms with Crippen molar-refractivity contribution in [2.45, 2.75) is 46.9 Å². The number of benzene rings is 2. The van der Waals surface area contributed by atoms with Crippen molar-refractivity contribution in [3.8, 4) is 5.75 Å². The van der Waals surface area contributed by atoms with E-state index in [1.54, 1.807) is 16.2 Å². The standard InChI is InChI=1S/C23H27N3O2S/c1-16(2)26(23(27)25-19-10-8-17(3)9-11-19)13-20-15-29-22(24-20)14-28-21-7-5-6-18(4)12-21/h5-12,15-16H,13-14H2,1-4H3,(H,25,27). The second-order valence-corrected chi connectivity index (χ2v) is 8.30. The normalized spacial score (nSPS) is 10.8. The topological polar surface area (TPSA) is 54.5 Å². The lowest BCUT2D eigenvalue weighted by Crippen LogP contribution is -2.39. The van der Waals surface area contributed by atoms with E-state index >= 15 is 0 Å². The van der Waals surface area contributed by atoms with Crippen LogP contribution < -0.4 is 10.1 Å². The van der Waals surface area contributed by atoms with Crippen molar-refractivity contribution in [1.82, 2.24) is 9.88 Å². The van der Waals surface area contributed by atoms with E-state index in [4.69, 9.17) is 4.74 Å². The predicted molar refractivity (Wildman–Crippen MR) is 119 cm³/mol. The molecule has 0 fully saturated rings. The number of carbonyl (C=O) groups is 1. The Hall–Kier alpha value is -2.86. The monoisotopic (exact) mass is 409 g/mol. The number of hydrogen-bond acceptors (Lipinski definition) is 4. The average molecular weight is 410 g/mol. The summed E-state index contributed by atoms with van der Waals surface area (Å²) in [7, 11) is 0. The SMILES string of the molecule is Cc1ccc(NC(=O)N(Cc2csc(COc3cccc(C)c3)n2)C(C)C)cc1. The Kier molecular flexibility index (Phi) is 6.88. The summed E-state index contributed by atoms with van der Waals surface area (Å²) in [5.41, 5.74) is 3.98. The van der Waals surface area contributed by atoms with Crippen LogP contribution in [0, 0.1) is 13.8 Å². The molecule has 0 radical (unpaired) electrons.